The van der Waals surface area contributed by atoms with Gasteiger partial charge in [0, 0.05) is 11.6 Å². The van der Waals surface area contributed by atoms with Crippen LogP contribution in [0.15, 0.2) is 18.2 Å². The molecule has 17 heavy (non-hydrogen) atoms. The fraction of sp³-hybridized carbons (Fsp3) is 0.600. The van der Waals surface area contributed by atoms with E-state index in [9.17, 15) is 0 Å². The van der Waals surface area contributed by atoms with Gasteiger partial charge in [-0.05, 0) is 44.6 Å². The van der Waals surface area contributed by atoms with Crippen molar-refractivity contribution in [3.63, 3.8) is 0 Å². The van der Waals surface area contributed by atoms with Gasteiger partial charge in [0.1, 0.15) is 5.75 Å². The highest BCUT2D eigenvalue weighted by atomic mass is 16.5. The standard InChI is InChI=1S/C15H23NO/c1-4-17-14-8-5-10(2)9-13(14)15(16)11(3)12-6-7-12/h5,8-9,11-12,15H,4,6-7,16H2,1-3H3. The summed E-state index contributed by atoms with van der Waals surface area (Å²) < 4.78 is 5.68. The van der Waals surface area contributed by atoms with Crippen LogP contribution in [-0.2, 0) is 0 Å². The molecule has 0 aromatic heterocycles. The molecule has 1 aliphatic carbocycles. The smallest absolute Gasteiger partial charge is 0.124 e. The second-order valence-electron chi connectivity index (χ2n) is 5.20. The molecule has 0 spiro atoms. The molecular weight excluding hydrogens is 210 g/mol. The first-order chi connectivity index (χ1) is 8.13. The van der Waals surface area contributed by atoms with Crippen LogP contribution in [0.4, 0.5) is 0 Å². The molecule has 0 aliphatic heterocycles. The van der Waals surface area contributed by atoms with Gasteiger partial charge in [-0.1, -0.05) is 24.6 Å². The van der Waals surface area contributed by atoms with E-state index in [1.807, 2.05) is 13.0 Å². The summed E-state index contributed by atoms with van der Waals surface area (Å²) >= 11 is 0. The van der Waals surface area contributed by atoms with E-state index < -0.39 is 0 Å². The summed E-state index contributed by atoms with van der Waals surface area (Å²) in [6.07, 6.45) is 2.68. The van der Waals surface area contributed by atoms with E-state index in [0.717, 1.165) is 11.7 Å². The SMILES string of the molecule is CCOc1ccc(C)cc1C(N)C(C)C1CC1. The summed E-state index contributed by atoms with van der Waals surface area (Å²) in [5, 5.41) is 0. The summed E-state index contributed by atoms with van der Waals surface area (Å²) in [4.78, 5) is 0. The Morgan fingerprint density at radius 2 is 2.12 bits per heavy atom. The number of rotatable bonds is 5. The minimum Gasteiger partial charge on any atom is -0.494 e. The molecule has 2 nitrogen and oxygen atoms in total. The molecule has 2 rings (SSSR count). The molecule has 1 aliphatic rings. The van der Waals surface area contributed by atoms with Gasteiger partial charge in [-0.15, -0.1) is 0 Å². The van der Waals surface area contributed by atoms with Crippen LogP contribution in [-0.4, -0.2) is 6.61 Å². The topological polar surface area (TPSA) is 35.2 Å². The van der Waals surface area contributed by atoms with Crippen molar-refractivity contribution in [2.45, 2.75) is 39.7 Å². The number of aryl methyl sites for hydroxylation is 1. The first kappa shape index (κ1) is 12.4. The van der Waals surface area contributed by atoms with Crippen molar-refractivity contribution < 1.29 is 4.74 Å². The Morgan fingerprint density at radius 3 is 2.71 bits per heavy atom. The zero-order chi connectivity index (χ0) is 12.4. The molecule has 2 heteroatoms. The molecule has 0 amide bonds. The van der Waals surface area contributed by atoms with Crippen molar-refractivity contribution in [2.24, 2.45) is 17.6 Å². The van der Waals surface area contributed by atoms with Gasteiger partial charge in [0.15, 0.2) is 0 Å². The Kier molecular flexibility index (Phi) is 3.72. The van der Waals surface area contributed by atoms with Crippen LogP contribution in [0.2, 0.25) is 0 Å². The van der Waals surface area contributed by atoms with Gasteiger partial charge in [0.25, 0.3) is 0 Å². The number of hydrogen-bond acceptors (Lipinski definition) is 2. The first-order valence-corrected chi connectivity index (χ1v) is 6.62. The van der Waals surface area contributed by atoms with Gasteiger partial charge in [0.05, 0.1) is 6.61 Å². The lowest BCUT2D eigenvalue weighted by Crippen LogP contribution is -2.21. The predicted octanol–water partition coefficient (Wildman–Crippen LogP) is 3.44. The molecule has 94 valence electrons. The second-order valence-corrected chi connectivity index (χ2v) is 5.20. The zero-order valence-electron chi connectivity index (χ0n) is 11.1. The Bertz CT molecular complexity index is 385. The summed E-state index contributed by atoms with van der Waals surface area (Å²) in [6, 6.07) is 6.41. The molecule has 1 saturated carbocycles. The fourth-order valence-corrected chi connectivity index (χ4v) is 2.41. The van der Waals surface area contributed by atoms with E-state index in [0.29, 0.717) is 12.5 Å². The summed E-state index contributed by atoms with van der Waals surface area (Å²) in [7, 11) is 0. The van der Waals surface area contributed by atoms with Gasteiger partial charge in [-0.2, -0.15) is 0 Å². The maximum absolute atomic E-state index is 6.40. The Balaban J connectivity index is 2.24. The molecule has 0 heterocycles. The fourth-order valence-electron chi connectivity index (χ4n) is 2.41. The maximum atomic E-state index is 6.40. The van der Waals surface area contributed by atoms with E-state index in [1.54, 1.807) is 0 Å². The molecule has 0 saturated heterocycles. The number of ether oxygens (including phenoxy) is 1. The Hall–Kier alpha value is -1.02. The first-order valence-electron chi connectivity index (χ1n) is 6.62. The maximum Gasteiger partial charge on any atom is 0.124 e. The van der Waals surface area contributed by atoms with Gasteiger partial charge in [-0.3, -0.25) is 0 Å². The average molecular weight is 233 g/mol. The highest BCUT2D eigenvalue weighted by molar-refractivity contribution is 5.39. The molecule has 1 aromatic rings. The van der Waals surface area contributed by atoms with E-state index in [-0.39, 0.29) is 6.04 Å². The lowest BCUT2D eigenvalue weighted by Gasteiger charge is -2.23. The van der Waals surface area contributed by atoms with Crippen molar-refractivity contribution in [2.75, 3.05) is 6.61 Å². The van der Waals surface area contributed by atoms with Crippen LogP contribution in [0.5, 0.6) is 5.75 Å². The third-order valence-electron chi connectivity index (χ3n) is 3.76. The molecular formula is C15H23NO. The van der Waals surface area contributed by atoms with Gasteiger partial charge < -0.3 is 10.5 Å². The van der Waals surface area contributed by atoms with Crippen LogP contribution in [0.25, 0.3) is 0 Å². The second kappa shape index (κ2) is 5.09. The van der Waals surface area contributed by atoms with Crippen LogP contribution in [0.3, 0.4) is 0 Å². The average Bonchev–Trinajstić information content (AvgIpc) is 3.14. The van der Waals surface area contributed by atoms with E-state index in [1.165, 1.54) is 24.0 Å². The molecule has 1 aromatic carbocycles. The van der Waals surface area contributed by atoms with Crippen LogP contribution in [0, 0.1) is 18.8 Å². The lowest BCUT2D eigenvalue weighted by molar-refractivity contribution is 0.325. The van der Waals surface area contributed by atoms with Gasteiger partial charge in [-0.25, -0.2) is 0 Å². The summed E-state index contributed by atoms with van der Waals surface area (Å²) in [6.45, 7) is 7.08. The van der Waals surface area contributed by atoms with Gasteiger partial charge in [0.2, 0.25) is 0 Å². The van der Waals surface area contributed by atoms with Crippen LogP contribution in [0.1, 0.15) is 43.9 Å². The van der Waals surface area contributed by atoms with Crippen molar-refractivity contribution in [1.82, 2.24) is 0 Å². The third kappa shape index (κ3) is 2.81. The lowest BCUT2D eigenvalue weighted by atomic mass is 9.90. The van der Waals surface area contributed by atoms with Crippen molar-refractivity contribution in [3.05, 3.63) is 29.3 Å². The largest absolute Gasteiger partial charge is 0.494 e. The summed E-state index contributed by atoms with van der Waals surface area (Å²) in [5.74, 6) is 2.33. The van der Waals surface area contributed by atoms with Crippen LogP contribution >= 0.6 is 0 Å². The quantitative estimate of drug-likeness (QED) is 0.845. The van der Waals surface area contributed by atoms with E-state index in [4.69, 9.17) is 10.5 Å². The number of benzene rings is 1. The Labute approximate surface area is 104 Å². The molecule has 1 fully saturated rings. The predicted molar refractivity (Wildman–Crippen MR) is 71.2 cm³/mol. The highest BCUT2D eigenvalue weighted by Gasteiger charge is 2.33. The van der Waals surface area contributed by atoms with Crippen molar-refractivity contribution in [3.8, 4) is 5.75 Å². The van der Waals surface area contributed by atoms with E-state index >= 15 is 0 Å². The van der Waals surface area contributed by atoms with Gasteiger partial charge >= 0.3 is 0 Å². The zero-order valence-corrected chi connectivity index (χ0v) is 11.1. The molecule has 2 N–H and O–H groups in total. The molecule has 0 bridgehead atoms. The molecule has 0 radical (unpaired) electrons. The monoisotopic (exact) mass is 233 g/mol. The van der Waals surface area contributed by atoms with Crippen molar-refractivity contribution in [1.29, 1.82) is 0 Å². The van der Waals surface area contributed by atoms with E-state index in [2.05, 4.69) is 26.0 Å². The molecule has 2 unspecified atom stereocenters. The van der Waals surface area contributed by atoms with Crippen molar-refractivity contribution >= 4 is 0 Å². The minimum absolute atomic E-state index is 0.101. The summed E-state index contributed by atoms with van der Waals surface area (Å²) in [5.41, 5.74) is 8.82. The third-order valence-corrected chi connectivity index (χ3v) is 3.76. The molecule has 2 atom stereocenters. The minimum atomic E-state index is 0.101. The highest BCUT2D eigenvalue weighted by Crippen LogP contribution is 2.43. The van der Waals surface area contributed by atoms with Crippen LogP contribution < -0.4 is 10.5 Å². The Morgan fingerprint density at radius 1 is 1.41 bits per heavy atom. The normalized spacial score (nSPS) is 18.8. The number of nitrogens with two attached hydrogens (primary N) is 1. The number of hydrogen-bond donors (Lipinski definition) is 1.